The quantitative estimate of drug-likeness (QED) is 0.639. The van der Waals surface area contributed by atoms with E-state index in [0.29, 0.717) is 5.69 Å². The van der Waals surface area contributed by atoms with Crippen LogP contribution in [0.5, 0.6) is 0 Å². The highest BCUT2D eigenvalue weighted by Crippen LogP contribution is 1.99. The van der Waals surface area contributed by atoms with Crippen LogP contribution in [0.15, 0.2) is 6.33 Å². The second-order valence-electron chi connectivity index (χ2n) is 1.60. The van der Waals surface area contributed by atoms with Crippen LogP contribution in [0.4, 0.5) is 4.39 Å². The molecule has 0 atom stereocenters. The van der Waals surface area contributed by atoms with Gasteiger partial charge in [-0.1, -0.05) is 0 Å². The molecule has 0 aliphatic carbocycles. The first-order valence-corrected chi connectivity index (χ1v) is 2.51. The Bertz CT molecular complexity index is 187. The standard InChI is InChI=1S/C5H7FN2O/c1-9-2-4-5(6)8-3-7-4/h3H,2H2,1H3,(H,7,8). The fraction of sp³-hybridized carbons (Fsp3) is 0.400. The number of imidazole rings is 1. The van der Waals surface area contributed by atoms with Crippen LogP contribution in [0.1, 0.15) is 5.69 Å². The Kier molecular flexibility index (Phi) is 1.79. The van der Waals surface area contributed by atoms with E-state index in [2.05, 4.69) is 14.7 Å². The lowest BCUT2D eigenvalue weighted by Gasteiger charge is -1.91. The molecule has 0 spiro atoms. The van der Waals surface area contributed by atoms with Crippen LogP contribution in [-0.2, 0) is 11.3 Å². The molecule has 0 radical (unpaired) electrons. The van der Waals surface area contributed by atoms with E-state index in [0.717, 1.165) is 0 Å². The highest BCUT2D eigenvalue weighted by molar-refractivity contribution is 4.94. The van der Waals surface area contributed by atoms with Gasteiger partial charge in [0.1, 0.15) is 0 Å². The van der Waals surface area contributed by atoms with Crippen LogP contribution in [0.25, 0.3) is 0 Å². The van der Waals surface area contributed by atoms with E-state index in [1.165, 1.54) is 13.4 Å². The number of aromatic nitrogens is 2. The van der Waals surface area contributed by atoms with Crippen molar-refractivity contribution in [3.63, 3.8) is 0 Å². The van der Waals surface area contributed by atoms with E-state index in [4.69, 9.17) is 0 Å². The van der Waals surface area contributed by atoms with Crippen molar-refractivity contribution in [2.45, 2.75) is 6.61 Å². The minimum Gasteiger partial charge on any atom is -0.378 e. The Balaban J connectivity index is 2.69. The van der Waals surface area contributed by atoms with Crippen LogP contribution in [0, 0.1) is 5.95 Å². The number of hydrogen-bond donors (Lipinski definition) is 1. The summed E-state index contributed by atoms with van der Waals surface area (Å²) in [4.78, 5) is 5.93. The maximum atomic E-state index is 12.3. The third-order valence-corrected chi connectivity index (χ3v) is 0.954. The lowest BCUT2D eigenvalue weighted by Crippen LogP contribution is -1.90. The van der Waals surface area contributed by atoms with Gasteiger partial charge in [-0.2, -0.15) is 4.39 Å². The lowest BCUT2D eigenvalue weighted by atomic mass is 10.5. The number of rotatable bonds is 2. The van der Waals surface area contributed by atoms with E-state index in [1.807, 2.05) is 0 Å². The predicted molar refractivity (Wildman–Crippen MR) is 29.3 cm³/mol. The van der Waals surface area contributed by atoms with Crippen molar-refractivity contribution < 1.29 is 9.13 Å². The fourth-order valence-electron chi connectivity index (χ4n) is 0.550. The third-order valence-electron chi connectivity index (χ3n) is 0.954. The van der Waals surface area contributed by atoms with Gasteiger partial charge in [-0.25, -0.2) is 4.98 Å². The molecule has 0 aliphatic heterocycles. The lowest BCUT2D eigenvalue weighted by molar-refractivity contribution is 0.178. The van der Waals surface area contributed by atoms with Gasteiger partial charge < -0.3 is 9.72 Å². The van der Waals surface area contributed by atoms with Crippen LogP contribution >= 0.6 is 0 Å². The first-order valence-electron chi connectivity index (χ1n) is 2.51. The molecule has 1 heterocycles. The Morgan fingerprint density at radius 3 is 3.11 bits per heavy atom. The molecule has 0 bridgehead atoms. The van der Waals surface area contributed by atoms with Gasteiger partial charge in [0.25, 0.3) is 0 Å². The molecule has 0 saturated carbocycles. The summed E-state index contributed by atoms with van der Waals surface area (Å²) < 4.78 is 17.0. The summed E-state index contributed by atoms with van der Waals surface area (Å²) in [6, 6.07) is 0. The smallest absolute Gasteiger partial charge is 0.236 e. The van der Waals surface area contributed by atoms with Crippen molar-refractivity contribution in [2.75, 3.05) is 7.11 Å². The summed E-state index contributed by atoms with van der Waals surface area (Å²) in [6.07, 6.45) is 1.30. The van der Waals surface area contributed by atoms with Gasteiger partial charge in [0.05, 0.1) is 18.6 Å². The molecule has 0 aliphatic rings. The minimum absolute atomic E-state index is 0.242. The Labute approximate surface area is 51.9 Å². The van der Waals surface area contributed by atoms with Gasteiger partial charge in [-0.05, 0) is 0 Å². The zero-order valence-electron chi connectivity index (χ0n) is 5.02. The summed E-state index contributed by atoms with van der Waals surface area (Å²) in [7, 11) is 1.50. The molecule has 4 heteroatoms. The summed E-state index contributed by atoms with van der Waals surface area (Å²) >= 11 is 0. The molecule has 50 valence electrons. The average molecular weight is 130 g/mol. The topological polar surface area (TPSA) is 37.9 Å². The molecule has 0 fully saturated rings. The number of nitrogens with zero attached hydrogens (tertiary/aromatic N) is 1. The second kappa shape index (κ2) is 2.59. The molecular formula is C5H7FN2O. The Hall–Kier alpha value is -0.900. The van der Waals surface area contributed by atoms with Gasteiger partial charge in [-0.15, -0.1) is 0 Å². The molecule has 9 heavy (non-hydrogen) atoms. The van der Waals surface area contributed by atoms with Gasteiger partial charge in [0.2, 0.25) is 5.95 Å². The monoisotopic (exact) mass is 130 g/mol. The molecule has 0 amide bonds. The van der Waals surface area contributed by atoms with Gasteiger partial charge >= 0.3 is 0 Å². The molecule has 1 aromatic heterocycles. The van der Waals surface area contributed by atoms with Gasteiger partial charge in [0.15, 0.2) is 0 Å². The first kappa shape index (κ1) is 6.22. The molecule has 0 saturated heterocycles. The largest absolute Gasteiger partial charge is 0.378 e. The van der Waals surface area contributed by atoms with Crippen molar-refractivity contribution in [3.05, 3.63) is 18.0 Å². The zero-order valence-corrected chi connectivity index (χ0v) is 5.02. The zero-order chi connectivity index (χ0) is 6.69. The van der Waals surface area contributed by atoms with Crippen molar-refractivity contribution in [1.82, 2.24) is 9.97 Å². The molecule has 0 unspecified atom stereocenters. The molecule has 3 nitrogen and oxygen atoms in total. The van der Waals surface area contributed by atoms with Crippen molar-refractivity contribution in [2.24, 2.45) is 0 Å². The fourth-order valence-corrected chi connectivity index (χ4v) is 0.550. The van der Waals surface area contributed by atoms with Gasteiger partial charge in [-0.3, -0.25) is 0 Å². The third kappa shape index (κ3) is 1.26. The maximum Gasteiger partial charge on any atom is 0.236 e. The van der Waals surface area contributed by atoms with Crippen molar-refractivity contribution in [1.29, 1.82) is 0 Å². The molecule has 1 N–H and O–H groups in total. The normalized spacial score (nSPS) is 10.0. The number of ether oxygens (including phenoxy) is 1. The van der Waals surface area contributed by atoms with E-state index in [9.17, 15) is 4.39 Å². The van der Waals surface area contributed by atoms with Crippen molar-refractivity contribution >= 4 is 0 Å². The number of methoxy groups -OCH3 is 1. The minimum atomic E-state index is -0.489. The van der Waals surface area contributed by atoms with Crippen LogP contribution in [0.2, 0.25) is 0 Å². The van der Waals surface area contributed by atoms with E-state index in [-0.39, 0.29) is 6.61 Å². The van der Waals surface area contributed by atoms with Crippen molar-refractivity contribution in [3.8, 4) is 0 Å². The first-order chi connectivity index (χ1) is 4.34. The van der Waals surface area contributed by atoms with Crippen LogP contribution in [-0.4, -0.2) is 17.1 Å². The summed E-state index contributed by atoms with van der Waals surface area (Å²) in [6.45, 7) is 0.242. The Morgan fingerprint density at radius 2 is 2.67 bits per heavy atom. The maximum absolute atomic E-state index is 12.3. The summed E-state index contributed by atoms with van der Waals surface area (Å²) in [5.41, 5.74) is 0.387. The number of nitrogens with one attached hydrogen (secondary N) is 1. The molecular weight excluding hydrogens is 123 g/mol. The Morgan fingerprint density at radius 1 is 1.89 bits per heavy atom. The number of aromatic amines is 1. The molecule has 1 rings (SSSR count). The van der Waals surface area contributed by atoms with Crippen LogP contribution < -0.4 is 0 Å². The number of halogens is 1. The average Bonchev–Trinajstić information content (AvgIpc) is 2.18. The highest BCUT2D eigenvalue weighted by Gasteiger charge is 2.01. The van der Waals surface area contributed by atoms with Gasteiger partial charge in [0, 0.05) is 7.11 Å². The van der Waals surface area contributed by atoms with E-state index >= 15 is 0 Å². The molecule has 1 aromatic rings. The number of hydrogen-bond acceptors (Lipinski definition) is 2. The summed E-state index contributed by atoms with van der Waals surface area (Å²) in [5.74, 6) is -0.489. The second-order valence-corrected chi connectivity index (χ2v) is 1.60. The predicted octanol–water partition coefficient (Wildman–Crippen LogP) is 0.695. The van der Waals surface area contributed by atoms with E-state index in [1.54, 1.807) is 0 Å². The molecule has 0 aromatic carbocycles. The van der Waals surface area contributed by atoms with E-state index < -0.39 is 5.95 Å². The SMILES string of the molecule is COCc1[nH]cnc1F. The number of H-pyrrole nitrogens is 1. The summed E-state index contributed by atoms with van der Waals surface area (Å²) in [5, 5.41) is 0. The van der Waals surface area contributed by atoms with Crippen LogP contribution in [0.3, 0.4) is 0 Å². The highest BCUT2D eigenvalue weighted by atomic mass is 19.1.